The number of fused-ring (bicyclic) bond motifs is 10. The topological polar surface area (TPSA) is 307 Å². The Bertz CT molecular complexity index is 2040. The monoisotopic (exact) mass is 982 g/mol. The van der Waals surface area contributed by atoms with Crippen molar-refractivity contribution in [2.45, 2.75) is 211 Å². The summed E-state index contributed by atoms with van der Waals surface area (Å²) in [6, 6.07) is 0. The van der Waals surface area contributed by atoms with Gasteiger partial charge in [-0.25, -0.2) is 9.59 Å². The molecule has 390 valence electrons. The van der Waals surface area contributed by atoms with Gasteiger partial charge in [0.2, 0.25) is 0 Å². The van der Waals surface area contributed by atoms with E-state index in [0.717, 1.165) is 52.1 Å². The highest BCUT2D eigenvalue weighted by Gasteiger charge is 2.72. The number of allylic oxidation sites excluding steroid dienone is 2. The molecule has 20 nitrogen and oxygen atoms in total. The van der Waals surface area contributed by atoms with E-state index in [9.17, 15) is 60.3 Å². The molecule has 0 aromatic carbocycles. The first-order valence-electron chi connectivity index (χ1n) is 24.8. The molecule has 0 amide bonds. The van der Waals surface area contributed by atoms with Gasteiger partial charge in [0.05, 0.1) is 31.3 Å². The Balaban J connectivity index is 1.01. The van der Waals surface area contributed by atoms with Gasteiger partial charge in [-0.05, 0) is 99.2 Å². The molecule has 9 rings (SSSR count). The van der Waals surface area contributed by atoms with Crippen LogP contribution in [0.15, 0.2) is 11.6 Å². The predicted molar refractivity (Wildman–Crippen MR) is 234 cm³/mol. The van der Waals surface area contributed by atoms with Crippen LogP contribution >= 0.6 is 0 Å². The fraction of sp³-hybridized carbons (Fsp3) is 0.898. The first-order chi connectivity index (χ1) is 32.2. The maximum absolute atomic E-state index is 13.2. The van der Waals surface area contributed by atoms with Crippen LogP contribution in [0.1, 0.15) is 106 Å². The zero-order valence-corrected chi connectivity index (χ0v) is 40.7. The number of carboxylic acids is 1. The lowest BCUT2D eigenvalue weighted by atomic mass is 9.33. The molecule has 0 aromatic heterocycles. The Morgan fingerprint density at radius 2 is 1.32 bits per heavy atom. The van der Waals surface area contributed by atoms with Crippen LogP contribution in [-0.2, 0) is 52.3 Å². The number of aliphatic hydroxyl groups is 8. The van der Waals surface area contributed by atoms with Gasteiger partial charge in [0, 0.05) is 17.3 Å². The zero-order valence-electron chi connectivity index (χ0n) is 40.7. The molecule has 0 radical (unpaired) electrons. The van der Waals surface area contributed by atoms with Crippen LogP contribution in [0.2, 0.25) is 0 Å². The lowest BCUT2D eigenvalue weighted by molar-refractivity contribution is -0.393. The molecule has 5 aliphatic carbocycles. The molecule has 4 saturated heterocycles. The summed E-state index contributed by atoms with van der Waals surface area (Å²) < 4.78 is 47.1. The van der Waals surface area contributed by atoms with E-state index in [1.54, 1.807) is 0 Å². The molecule has 4 heterocycles. The third kappa shape index (κ3) is 7.54. The minimum absolute atomic E-state index is 0.0847. The van der Waals surface area contributed by atoms with E-state index in [1.807, 2.05) is 6.92 Å². The average molecular weight is 983 g/mol. The van der Waals surface area contributed by atoms with Gasteiger partial charge < -0.3 is 83.9 Å². The fourth-order valence-corrected chi connectivity index (χ4v) is 15.6. The molecule has 9 N–H and O–H groups in total. The van der Waals surface area contributed by atoms with Crippen LogP contribution in [-0.4, -0.2) is 182 Å². The number of carbonyl (C=O) groups is 3. The number of methoxy groups -OCH3 is 1. The molecule has 0 aromatic rings. The smallest absolute Gasteiger partial charge is 0.337 e. The number of carbonyl (C=O) groups excluding carboxylic acids is 2. The highest BCUT2D eigenvalue weighted by molar-refractivity contribution is 5.79. The summed E-state index contributed by atoms with van der Waals surface area (Å²) >= 11 is 0. The van der Waals surface area contributed by atoms with E-state index in [1.165, 1.54) is 12.5 Å². The number of rotatable bonds is 9. The first-order valence-corrected chi connectivity index (χ1v) is 24.8. The predicted octanol–water partition coefficient (Wildman–Crippen LogP) is 0.430. The van der Waals surface area contributed by atoms with Crippen molar-refractivity contribution in [1.29, 1.82) is 0 Å². The van der Waals surface area contributed by atoms with Crippen LogP contribution in [0.25, 0.3) is 0 Å². The highest BCUT2D eigenvalue weighted by Crippen LogP contribution is 2.76. The van der Waals surface area contributed by atoms with Gasteiger partial charge in [0.15, 0.2) is 31.1 Å². The van der Waals surface area contributed by atoms with Crippen molar-refractivity contribution >= 4 is 17.9 Å². The Morgan fingerprint density at radius 3 is 1.96 bits per heavy atom. The summed E-state index contributed by atoms with van der Waals surface area (Å²) in [6.45, 7) is 14.5. The summed E-state index contributed by atoms with van der Waals surface area (Å²) in [5, 5.41) is 98.5. The van der Waals surface area contributed by atoms with Crippen molar-refractivity contribution in [3.8, 4) is 0 Å². The standard InChI is InChI=1S/C49H74O20/c1-20-27(51)28(52)33(57)40(63-20)68-37-31(55)29(53)34(38(58)59)66-42(37)69-36-32(56)30(54)35(39(60)62-8)67-41(36)64-25-12-13-46(4)23(47(25,5)19-50)11-14-49(7)24(46)10-9-21-22-17-44(2)18-26(65-43(44)61)45(22,3)15-16-48(21,49)6/h9,20,22-37,40-42,50-57H,10-19H2,1-8H3,(H,58,59)/t20-,22-,23?,24+,25-,26+,27-,28+,29-,30-,31-,32-,33+,34-,35-,36+,37+,40-,41+,42-,44+,45+,46-,47+,48+,49+/m0/s1. The van der Waals surface area contributed by atoms with E-state index in [2.05, 4.69) is 40.7 Å². The summed E-state index contributed by atoms with van der Waals surface area (Å²) in [6.07, 6.45) is -19.6. The molecule has 8 fully saturated rings. The molecule has 20 heteroatoms. The van der Waals surface area contributed by atoms with Crippen LogP contribution in [0.5, 0.6) is 0 Å². The van der Waals surface area contributed by atoms with Crippen molar-refractivity contribution < 1.29 is 98.2 Å². The number of carboxylic acid groups (broad SMARTS) is 1. The van der Waals surface area contributed by atoms with E-state index >= 15 is 0 Å². The molecular weight excluding hydrogens is 909 g/mol. The van der Waals surface area contributed by atoms with Gasteiger partial charge in [-0.2, -0.15) is 0 Å². The second-order valence-electron chi connectivity index (χ2n) is 23.6. The Morgan fingerprint density at radius 1 is 0.696 bits per heavy atom. The number of hydrogen-bond acceptors (Lipinski definition) is 19. The highest BCUT2D eigenvalue weighted by atomic mass is 16.8. The third-order valence-corrected chi connectivity index (χ3v) is 20.2. The number of hydrogen-bond donors (Lipinski definition) is 9. The second-order valence-corrected chi connectivity index (χ2v) is 23.6. The molecule has 0 spiro atoms. The summed E-state index contributed by atoms with van der Waals surface area (Å²) in [5.41, 5.74) is -0.743. The Hall–Kier alpha value is -2.41. The fourth-order valence-electron chi connectivity index (χ4n) is 15.6. The largest absolute Gasteiger partial charge is 0.479 e. The number of aliphatic carboxylic acids is 1. The van der Waals surface area contributed by atoms with E-state index in [4.69, 9.17) is 37.9 Å². The number of ether oxygens (including phenoxy) is 8. The Kier molecular flexibility index (Phi) is 13.2. The van der Waals surface area contributed by atoms with Crippen LogP contribution < -0.4 is 0 Å². The Labute approximate surface area is 401 Å². The lowest BCUT2D eigenvalue weighted by Crippen LogP contribution is -2.68. The van der Waals surface area contributed by atoms with Gasteiger partial charge in [-0.3, -0.25) is 4.79 Å². The van der Waals surface area contributed by atoms with Crippen LogP contribution in [0.3, 0.4) is 0 Å². The number of esters is 2. The van der Waals surface area contributed by atoms with Crippen molar-refractivity contribution in [3.63, 3.8) is 0 Å². The molecule has 4 saturated carbocycles. The quantitative estimate of drug-likeness (QED) is 0.0860. The van der Waals surface area contributed by atoms with Gasteiger partial charge in [-0.15, -0.1) is 0 Å². The average Bonchev–Trinajstić information content (AvgIpc) is 3.57. The van der Waals surface area contributed by atoms with Crippen molar-refractivity contribution in [2.24, 2.45) is 50.2 Å². The van der Waals surface area contributed by atoms with Crippen molar-refractivity contribution in [1.82, 2.24) is 0 Å². The molecule has 69 heavy (non-hydrogen) atoms. The van der Waals surface area contributed by atoms with Gasteiger partial charge in [0.1, 0.15) is 61.0 Å². The molecule has 4 aliphatic heterocycles. The number of aliphatic hydroxyl groups excluding tert-OH is 8. The zero-order chi connectivity index (χ0) is 50.3. The lowest BCUT2D eigenvalue weighted by Gasteiger charge is -2.71. The minimum Gasteiger partial charge on any atom is -0.479 e. The molecule has 9 aliphatic rings. The maximum atomic E-state index is 13.2. The molecular formula is C49H74O20. The third-order valence-electron chi connectivity index (χ3n) is 20.2. The first kappa shape index (κ1) is 51.5. The van der Waals surface area contributed by atoms with Gasteiger partial charge >= 0.3 is 17.9 Å². The van der Waals surface area contributed by atoms with Crippen molar-refractivity contribution in [3.05, 3.63) is 11.6 Å². The molecule has 2 bridgehead atoms. The second kappa shape index (κ2) is 17.6. The SMILES string of the molecule is COC(=O)[C@H]1O[C@@H](O[C@H]2CC[C@@]3(C)C(CC[C@]4(C)[C@@H]3CC=C3[C@@H]5C[C@]6(C)C[C@@H](OC6=O)[C@]5(C)CC[C@]34C)[C@@]2(C)CO)[C@H](O[C@@H]2O[C@H](C(=O)O)[C@@H](O)[C@H](O)[C@H]2O[C@@H]2O[C@@H](C)[C@H](O)[C@@H](O)[C@H]2O)[C@@H](O)[C@@H]1O. The maximum Gasteiger partial charge on any atom is 0.337 e. The van der Waals surface area contributed by atoms with Gasteiger partial charge in [-0.1, -0.05) is 46.3 Å². The van der Waals surface area contributed by atoms with E-state index < -0.39 is 121 Å². The summed E-state index contributed by atoms with van der Waals surface area (Å²) in [5.74, 6) is -2.56. The summed E-state index contributed by atoms with van der Waals surface area (Å²) in [7, 11) is 1.06. The van der Waals surface area contributed by atoms with Gasteiger partial charge in [0.25, 0.3) is 0 Å². The van der Waals surface area contributed by atoms with E-state index in [-0.39, 0.29) is 58.1 Å². The van der Waals surface area contributed by atoms with Crippen LogP contribution in [0.4, 0.5) is 0 Å². The van der Waals surface area contributed by atoms with E-state index in [0.29, 0.717) is 12.8 Å². The summed E-state index contributed by atoms with van der Waals surface area (Å²) in [4.78, 5) is 38.6. The molecule has 1 unspecified atom stereocenters. The van der Waals surface area contributed by atoms with Crippen molar-refractivity contribution in [2.75, 3.05) is 13.7 Å². The molecule has 26 atom stereocenters. The normalized spacial score (nSPS) is 55.8. The van der Waals surface area contributed by atoms with Crippen LogP contribution in [0, 0.1) is 50.2 Å². The minimum atomic E-state index is -2.15.